The summed E-state index contributed by atoms with van der Waals surface area (Å²) in [6.07, 6.45) is 3.47. The zero-order valence-corrected chi connectivity index (χ0v) is 10.2. The van der Waals surface area contributed by atoms with E-state index in [1.54, 1.807) is 6.26 Å². The first-order valence-electron chi connectivity index (χ1n) is 6.20. The van der Waals surface area contributed by atoms with Gasteiger partial charge in [-0.1, -0.05) is 35.9 Å². The van der Waals surface area contributed by atoms with Crippen LogP contribution in [0.4, 0.5) is 5.69 Å². The van der Waals surface area contributed by atoms with Crippen LogP contribution in [-0.2, 0) is 4.84 Å². The third kappa shape index (κ3) is 1.72. The smallest absolute Gasteiger partial charge is 0.131 e. The van der Waals surface area contributed by atoms with E-state index in [9.17, 15) is 0 Å². The van der Waals surface area contributed by atoms with Crippen LogP contribution in [0, 0.1) is 0 Å². The summed E-state index contributed by atoms with van der Waals surface area (Å²) in [5.74, 6) is 0. The zero-order valence-electron chi connectivity index (χ0n) is 10.2. The molecule has 3 heteroatoms. The highest BCUT2D eigenvalue weighted by Gasteiger charge is 2.08. The van der Waals surface area contributed by atoms with Crippen LogP contribution in [0.15, 0.2) is 67.1 Å². The van der Waals surface area contributed by atoms with E-state index in [0.29, 0.717) is 0 Å². The van der Waals surface area contributed by atoms with Crippen molar-refractivity contribution in [1.29, 1.82) is 0 Å². The van der Waals surface area contributed by atoms with Crippen LogP contribution in [-0.4, -0.2) is 0 Å². The molecule has 0 saturated heterocycles. The highest BCUT2D eigenvalue weighted by molar-refractivity contribution is 5.99. The minimum atomic E-state index is 1.05. The van der Waals surface area contributed by atoms with Gasteiger partial charge in [0.25, 0.3) is 0 Å². The highest BCUT2D eigenvalue weighted by atomic mass is 16.7. The molecule has 3 aromatic rings. The first-order chi connectivity index (χ1) is 9.40. The maximum absolute atomic E-state index is 4.99. The summed E-state index contributed by atoms with van der Waals surface area (Å²) in [6, 6.07) is 19.2. The van der Waals surface area contributed by atoms with Crippen molar-refractivity contribution in [3.63, 3.8) is 0 Å². The number of rotatable bonds is 1. The molecule has 1 aliphatic heterocycles. The Morgan fingerprint density at radius 2 is 1.53 bits per heavy atom. The predicted octanol–water partition coefficient (Wildman–Crippen LogP) is 3.72. The lowest BCUT2D eigenvalue weighted by molar-refractivity contribution is 0.159. The van der Waals surface area contributed by atoms with Crippen LogP contribution < -0.4 is 10.6 Å². The monoisotopic (exact) mass is 248 g/mol. The lowest BCUT2D eigenvalue weighted by atomic mass is 10.0. The quantitative estimate of drug-likeness (QED) is 0.664. The predicted molar refractivity (Wildman–Crippen MR) is 77.3 cm³/mol. The molecule has 0 atom stereocenters. The van der Waals surface area contributed by atoms with Gasteiger partial charge in [0.05, 0.1) is 11.9 Å². The molecule has 0 unspecified atom stereocenters. The molecule has 3 aromatic carbocycles. The number of hydrazine groups is 1. The maximum atomic E-state index is 4.99. The van der Waals surface area contributed by atoms with Crippen molar-refractivity contribution < 1.29 is 4.84 Å². The molecule has 4 rings (SSSR count). The van der Waals surface area contributed by atoms with Crippen LogP contribution in [0.25, 0.3) is 21.5 Å². The molecule has 0 aliphatic carbocycles. The van der Waals surface area contributed by atoms with Gasteiger partial charge in [-0.05, 0) is 45.8 Å². The lowest BCUT2D eigenvalue weighted by Crippen LogP contribution is -2.26. The summed E-state index contributed by atoms with van der Waals surface area (Å²) in [7, 11) is 0. The van der Waals surface area contributed by atoms with Crippen molar-refractivity contribution >= 4 is 27.2 Å². The van der Waals surface area contributed by atoms with E-state index in [-0.39, 0.29) is 0 Å². The molecule has 3 nitrogen and oxygen atoms in total. The van der Waals surface area contributed by atoms with E-state index in [4.69, 9.17) is 4.84 Å². The van der Waals surface area contributed by atoms with Crippen LogP contribution >= 0.6 is 0 Å². The largest absolute Gasteiger partial charge is 0.395 e. The molecule has 0 fully saturated rings. The van der Waals surface area contributed by atoms with Crippen LogP contribution in [0.2, 0.25) is 0 Å². The minimum absolute atomic E-state index is 1.05. The van der Waals surface area contributed by atoms with Gasteiger partial charge in [-0.15, -0.1) is 0 Å². The fourth-order valence-electron chi connectivity index (χ4n) is 2.42. The van der Waals surface area contributed by atoms with Gasteiger partial charge in [0.2, 0.25) is 0 Å². The van der Waals surface area contributed by atoms with Crippen molar-refractivity contribution in [3.8, 4) is 0 Å². The standard InChI is InChI=1S/C16H12N2O/c1-2-4-13-10-15-11-16(18-7-8-19-17-18)6-5-14(15)9-12(13)3-1/h1-11,17H. The second kappa shape index (κ2) is 4.00. The van der Waals surface area contributed by atoms with E-state index < -0.39 is 0 Å². The number of hydrogen-bond donors (Lipinski definition) is 1. The topological polar surface area (TPSA) is 24.5 Å². The van der Waals surface area contributed by atoms with Crippen molar-refractivity contribution in [2.45, 2.75) is 0 Å². The summed E-state index contributed by atoms with van der Waals surface area (Å²) in [5, 5.41) is 6.83. The summed E-state index contributed by atoms with van der Waals surface area (Å²) < 4.78 is 0. The SMILES string of the molecule is C1=CN(c2ccc3cc4ccccc4cc3c2)NO1. The first kappa shape index (κ1) is 10.4. The van der Waals surface area contributed by atoms with Gasteiger partial charge in [0, 0.05) is 0 Å². The minimum Gasteiger partial charge on any atom is -0.395 e. The van der Waals surface area contributed by atoms with Gasteiger partial charge in [-0.3, -0.25) is 0 Å². The molecule has 92 valence electrons. The molecular formula is C16H12N2O. The molecular weight excluding hydrogens is 236 g/mol. The molecule has 1 heterocycles. The molecule has 0 bridgehead atoms. The first-order valence-corrected chi connectivity index (χ1v) is 6.20. The third-order valence-electron chi connectivity index (χ3n) is 3.40. The number of anilines is 1. The highest BCUT2D eigenvalue weighted by Crippen LogP contribution is 2.27. The Labute approximate surface area is 110 Å². The molecule has 0 saturated carbocycles. The van der Waals surface area contributed by atoms with Crippen molar-refractivity contribution in [3.05, 3.63) is 67.1 Å². The van der Waals surface area contributed by atoms with E-state index in [1.807, 2.05) is 11.2 Å². The molecule has 1 N–H and O–H groups in total. The van der Waals surface area contributed by atoms with Crippen molar-refractivity contribution in [2.75, 3.05) is 5.01 Å². The Kier molecular flexibility index (Phi) is 2.19. The summed E-state index contributed by atoms with van der Waals surface area (Å²) in [5.41, 5.74) is 3.85. The van der Waals surface area contributed by atoms with Crippen molar-refractivity contribution in [2.24, 2.45) is 0 Å². The average Bonchev–Trinajstić information content (AvgIpc) is 2.98. The third-order valence-corrected chi connectivity index (χ3v) is 3.40. The molecule has 0 spiro atoms. The van der Waals surface area contributed by atoms with Gasteiger partial charge in [-0.2, -0.15) is 0 Å². The number of nitrogens with one attached hydrogen (secondary N) is 1. The Balaban J connectivity index is 1.92. The Hall–Kier alpha value is -2.52. The summed E-state index contributed by atoms with van der Waals surface area (Å²) >= 11 is 0. The van der Waals surface area contributed by atoms with Gasteiger partial charge >= 0.3 is 0 Å². The van der Waals surface area contributed by atoms with Crippen molar-refractivity contribution in [1.82, 2.24) is 5.59 Å². The van der Waals surface area contributed by atoms with E-state index >= 15 is 0 Å². The molecule has 1 aliphatic rings. The van der Waals surface area contributed by atoms with E-state index in [2.05, 4.69) is 60.2 Å². The molecule has 0 aromatic heterocycles. The average molecular weight is 248 g/mol. The number of fused-ring (bicyclic) bond motifs is 2. The number of nitrogens with zero attached hydrogens (tertiary/aromatic N) is 1. The normalized spacial score (nSPS) is 14.2. The van der Waals surface area contributed by atoms with Gasteiger partial charge < -0.3 is 4.84 Å². The fraction of sp³-hybridized carbons (Fsp3) is 0. The summed E-state index contributed by atoms with van der Waals surface area (Å²) in [6.45, 7) is 0. The van der Waals surface area contributed by atoms with Gasteiger partial charge in [-0.25, -0.2) is 5.01 Å². The maximum Gasteiger partial charge on any atom is 0.131 e. The number of benzene rings is 3. The molecule has 0 amide bonds. The molecule has 0 radical (unpaired) electrons. The summed E-state index contributed by atoms with van der Waals surface area (Å²) in [4.78, 5) is 4.99. The van der Waals surface area contributed by atoms with E-state index in [0.717, 1.165) is 5.69 Å². The van der Waals surface area contributed by atoms with Crippen LogP contribution in [0.5, 0.6) is 0 Å². The second-order valence-electron chi connectivity index (χ2n) is 4.60. The Bertz CT molecular complexity index is 795. The second-order valence-corrected chi connectivity index (χ2v) is 4.60. The van der Waals surface area contributed by atoms with E-state index in [1.165, 1.54) is 21.5 Å². The van der Waals surface area contributed by atoms with Gasteiger partial charge in [0.1, 0.15) is 6.26 Å². The number of hydrogen-bond acceptors (Lipinski definition) is 3. The Morgan fingerprint density at radius 3 is 2.26 bits per heavy atom. The fourth-order valence-corrected chi connectivity index (χ4v) is 2.42. The lowest BCUT2D eigenvalue weighted by Gasteiger charge is -2.14. The van der Waals surface area contributed by atoms with Crippen LogP contribution in [0.1, 0.15) is 0 Å². The van der Waals surface area contributed by atoms with Crippen LogP contribution in [0.3, 0.4) is 0 Å². The zero-order chi connectivity index (χ0) is 12.7. The Morgan fingerprint density at radius 1 is 0.789 bits per heavy atom. The molecule has 19 heavy (non-hydrogen) atoms. The van der Waals surface area contributed by atoms with Gasteiger partial charge in [0.15, 0.2) is 0 Å².